The summed E-state index contributed by atoms with van der Waals surface area (Å²) in [6, 6.07) is 16.5. The van der Waals surface area contributed by atoms with Crippen molar-refractivity contribution in [2.45, 2.75) is 167 Å². The van der Waals surface area contributed by atoms with Gasteiger partial charge >= 0.3 is 0 Å². The quantitative estimate of drug-likeness (QED) is 0.0301. The number of fused-ring (bicyclic) bond motifs is 2. The van der Waals surface area contributed by atoms with Crippen LogP contribution in [0, 0.1) is 23.6 Å². The van der Waals surface area contributed by atoms with Crippen LogP contribution in [0.3, 0.4) is 0 Å². The van der Waals surface area contributed by atoms with Gasteiger partial charge in [-0.1, -0.05) is 101 Å². The monoisotopic (exact) mass is 967 g/mol. The van der Waals surface area contributed by atoms with Crippen LogP contribution in [0.15, 0.2) is 90.1 Å². The molecule has 1 saturated carbocycles. The maximum Gasteiger partial charge on any atom is 0.239 e. The van der Waals surface area contributed by atoms with Gasteiger partial charge < -0.3 is 38.9 Å². The first-order valence-electron chi connectivity index (χ1n) is 26.0. The molecular formula is C58H79FN2O9. The molecule has 382 valence electrons. The zero-order valence-corrected chi connectivity index (χ0v) is 42.5. The minimum absolute atomic E-state index is 0.00184. The zero-order valence-electron chi connectivity index (χ0n) is 42.5. The predicted molar refractivity (Wildman–Crippen MR) is 273 cm³/mol. The van der Waals surface area contributed by atoms with Crippen molar-refractivity contribution in [2.75, 3.05) is 26.9 Å². The van der Waals surface area contributed by atoms with Gasteiger partial charge in [0.1, 0.15) is 40.5 Å². The number of carbonyl (C=O) groups is 2. The van der Waals surface area contributed by atoms with Gasteiger partial charge in [0.2, 0.25) is 11.7 Å². The summed E-state index contributed by atoms with van der Waals surface area (Å²) < 4.78 is 41.1. The van der Waals surface area contributed by atoms with Crippen LogP contribution >= 0.6 is 0 Å². The Balaban J connectivity index is 1.53. The van der Waals surface area contributed by atoms with E-state index >= 15 is 4.79 Å². The lowest BCUT2D eigenvalue weighted by Crippen LogP contribution is -2.70. The van der Waals surface area contributed by atoms with Gasteiger partial charge in [0.05, 0.1) is 30.9 Å². The third kappa shape index (κ3) is 13.9. The van der Waals surface area contributed by atoms with E-state index in [2.05, 4.69) is 19.6 Å². The molecule has 6 unspecified atom stereocenters. The lowest BCUT2D eigenvalue weighted by atomic mass is 9.55. The number of carbonyl (C=O) groups excluding carboxylic acids is 2. The van der Waals surface area contributed by atoms with Gasteiger partial charge in [-0.3, -0.25) is 9.59 Å². The molecule has 6 atom stereocenters. The number of ether oxygens (including phenoxy) is 4. The average Bonchev–Trinajstić information content (AvgIpc) is 3.35. The molecule has 0 radical (unpaired) electrons. The molecule has 3 aliphatic rings. The summed E-state index contributed by atoms with van der Waals surface area (Å²) in [6.07, 6.45) is 19.8. The molecule has 2 aliphatic carbocycles. The maximum absolute atomic E-state index is 15.2. The lowest BCUT2D eigenvalue weighted by molar-refractivity contribution is -0.258. The Kier molecular flexibility index (Phi) is 20.5. The Morgan fingerprint density at radius 3 is 2.23 bits per heavy atom. The SMILES string of the molecule is C=CCOC12Oc3ccc(Oc4ccc(OC)c(C=O)c4)cc3C3C(CCCCO)C(CCCCO)C=C(C(=NOC(C)(C)C)CC1N(Cc1ccc(F)cc1)C(=O)CCCCCCCCCCC)C32. The third-order valence-corrected chi connectivity index (χ3v) is 14.1. The number of allylic oxidation sites excluding steroid dienone is 1. The number of hydrogen-bond acceptors (Lipinski definition) is 10. The van der Waals surface area contributed by atoms with Crippen molar-refractivity contribution in [3.05, 3.63) is 107 Å². The van der Waals surface area contributed by atoms with Crippen molar-refractivity contribution < 1.29 is 48.0 Å². The molecular weight excluding hydrogens is 888 g/mol. The zero-order chi connectivity index (χ0) is 50.1. The molecule has 1 fully saturated rings. The summed E-state index contributed by atoms with van der Waals surface area (Å²) in [6.45, 7) is 12.6. The standard InChI is InChI=1S/C58H79FN2O9/c1-7-9-10-11-12-13-14-15-16-23-54(65)61(39-41-24-26-44(59)27-25-41)53-38-50(60-70-57(3,4)5)48-36-42(21-17-19-32-62)47(22-18-20-33-63)55-49-37-46(68-45-28-30-51(66-6)43(35-45)40-64)29-31-52(49)69-58(53,56(48)55)67-34-8-2/h8,24-31,35-37,40,42,47,53,55-56,62-63H,2,7,9-23,32-34,38-39H2,1,3-6H3. The summed E-state index contributed by atoms with van der Waals surface area (Å²) >= 11 is 0. The van der Waals surface area contributed by atoms with Gasteiger partial charge in [-0.15, -0.1) is 6.58 Å². The molecule has 2 N–H and O–H groups in total. The van der Waals surface area contributed by atoms with Gasteiger partial charge in [-0.2, -0.15) is 0 Å². The number of benzene rings is 3. The molecule has 70 heavy (non-hydrogen) atoms. The van der Waals surface area contributed by atoms with Crippen molar-refractivity contribution in [1.82, 2.24) is 4.90 Å². The van der Waals surface area contributed by atoms with Crippen molar-refractivity contribution in [3.8, 4) is 23.0 Å². The Morgan fingerprint density at radius 2 is 1.57 bits per heavy atom. The van der Waals surface area contributed by atoms with Gasteiger partial charge in [-0.25, -0.2) is 4.39 Å². The van der Waals surface area contributed by atoms with E-state index in [0.717, 1.165) is 74.4 Å². The van der Waals surface area contributed by atoms with Crippen molar-refractivity contribution >= 4 is 17.9 Å². The normalized spacial score (nSPS) is 22.0. The molecule has 12 heteroatoms. The molecule has 0 bridgehead atoms. The summed E-state index contributed by atoms with van der Waals surface area (Å²) in [4.78, 5) is 35.5. The Bertz CT molecular complexity index is 2220. The number of amides is 1. The van der Waals surface area contributed by atoms with Gasteiger partial charge in [0, 0.05) is 44.1 Å². The third-order valence-electron chi connectivity index (χ3n) is 14.1. The molecule has 0 spiro atoms. The minimum Gasteiger partial charge on any atom is -0.496 e. The van der Waals surface area contributed by atoms with Gasteiger partial charge in [0.15, 0.2) is 6.29 Å². The number of oxime groups is 1. The van der Waals surface area contributed by atoms with Gasteiger partial charge in [-0.05, 0) is 124 Å². The number of unbranched alkanes of at least 4 members (excludes halogenated alkanes) is 10. The Labute approximate surface area is 416 Å². The highest BCUT2D eigenvalue weighted by atomic mass is 19.1. The summed E-state index contributed by atoms with van der Waals surface area (Å²) in [7, 11) is 1.52. The van der Waals surface area contributed by atoms with E-state index in [-0.39, 0.29) is 62.3 Å². The molecule has 0 saturated heterocycles. The molecule has 6 rings (SSSR count). The van der Waals surface area contributed by atoms with E-state index in [1.165, 1.54) is 51.3 Å². The fourth-order valence-electron chi connectivity index (χ4n) is 10.8. The predicted octanol–water partition coefficient (Wildman–Crippen LogP) is 12.8. The fourth-order valence-corrected chi connectivity index (χ4v) is 10.8. The van der Waals surface area contributed by atoms with Crippen LogP contribution in [0.2, 0.25) is 0 Å². The molecule has 11 nitrogen and oxygen atoms in total. The summed E-state index contributed by atoms with van der Waals surface area (Å²) in [5, 5.41) is 25.1. The molecule has 0 aromatic heterocycles. The number of methoxy groups -OCH3 is 1. The van der Waals surface area contributed by atoms with E-state index in [1.54, 1.807) is 36.4 Å². The van der Waals surface area contributed by atoms with Crippen molar-refractivity contribution in [2.24, 2.45) is 22.9 Å². The van der Waals surface area contributed by atoms with Gasteiger partial charge in [0.25, 0.3) is 0 Å². The van der Waals surface area contributed by atoms with E-state index in [9.17, 15) is 19.4 Å². The van der Waals surface area contributed by atoms with Crippen LogP contribution < -0.4 is 14.2 Å². The number of halogens is 1. The van der Waals surface area contributed by atoms with E-state index < -0.39 is 23.3 Å². The second-order valence-electron chi connectivity index (χ2n) is 20.3. The Hall–Kier alpha value is -5.04. The average molecular weight is 967 g/mol. The maximum atomic E-state index is 15.2. The highest BCUT2D eigenvalue weighted by Gasteiger charge is 2.65. The van der Waals surface area contributed by atoms with Crippen molar-refractivity contribution in [1.29, 1.82) is 0 Å². The van der Waals surface area contributed by atoms with Crippen LogP contribution in [0.1, 0.15) is 164 Å². The van der Waals surface area contributed by atoms with E-state index in [1.807, 2.05) is 43.9 Å². The lowest BCUT2D eigenvalue weighted by Gasteiger charge is -2.60. The summed E-state index contributed by atoms with van der Waals surface area (Å²) in [5.74, 6) is -0.616. The second kappa shape index (κ2) is 26.4. The number of hydrogen-bond donors (Lipinski definition) is 2. The van der Waals surface area contributed by atoms with Crippen LogP contribution in [0.4, 0.5) is 4.39 Å². The number of aliphatic hydroxyl groups excluding tert-OH is 2. The van der Waals surface area contributed by atoms with E-state index in [4.69, 9.17) is 28.9 Å². The fraction of sp³-hybridized carbons (Fsp3) is 0.569. The first-order chi connectivity index (χ1) is 33.9. The van der Waals surface area contributed by atoms with Crippen LogP contribution in [-0.2, 0) is 20.9 Å². The van der Waals surface area contributed by atoms with Crippen LogP contribution in [-0.4, -0.2) is 77.4 Å². The summed E-state index contributed by atoms with van der Waals surface area (Å²) in [5.41, 5.74) is 3.03. The topological polar surface area (TPSA) is 136 Å². The second-order valence-corrected chi connectivity index (χ2v) is 20.3. The molecule has 3 aromatic rings. The molecule has 3 aromatic carbocycles. The molecule has 1 heterocycles. The molecule has 1 aliphatic heterocycles. The minimum atomic E-state index is -1.46. The Morgan fingerprint density at radius 1 is 0.900 bits per heavy atom. The largest absolute Gasteiger partial charge is 0.496 e. The number of aliphatic hydroxyl groups is 2. The first kappa shape index (κ1) is 54.3. The molecule has 1 amide bonds. The number of nitrogens with zero attached hydrogens (tertiary/aromatic N) is 2. The number of aldehydes is 1. The van der Waals surface area contributed by atoms with Crippen LogP contribution in [0.25, 0.3) is 0 Å². The van der Waals surface area contributed by atoms with E-state index in [0.29, 0.717) is 53.5 Å². The smallest absolute Gasteiger partial charge is 0.239 e. The van der Waals surface area contributed by atoms with Crippen molar-refractivity contribution in [3.63, 3.8) is 0 Å². The number of rotatable bonds is 29. The highest BCUT2D eigenvalue weighted by molar-refractivity contribution is 6.03. The first-order valence-corrected chi connectivity index (χ1v) is 26.0. The highest BCUT2D eigenvalue weighted by Crippen LogP contribution is 2.62. The van der Waals surface area contributed by atoms with Crippen LogP contribution in [0.5, 0.6) is 23.0 Å².